The van der Waals surface area contributed by atoms with Gasteiger partial charge in [0.05, 0.1) is 25.9 Å². The van der Waals surface area contributed by atoms with Gasteiger partial charge in [-0.1, -0.05) is 12.1 Å². The van der Waals surface area contributed by atoms with E-state index in [4.69, 9.17) is 14.2 Å². The van der Waals surface area contributed by atoms with Crippen LogP contribution in [-0.2, 0) is 9.53 Å². The maximum Gasteiger partial charge on any atom is 0.222 e. The number of ether oxygens (including phenoxy) is 3. The molecule has 1 fully saturated rings. The molecule has 1 aromatic carbocycles. The van der Waals surface area contributed by atoms with Gasteiger partial charge in [-0.3, -0.25) is 4.79 Å². The highest BCUT2D eigenvalue weighted by Crippen LogP contribution is 2.26. The van der Waals surface area contributed by atoms with Crippen LogP contribution in [0, 0.1) is 0 Å². The van der Waals surface area contributed by atoms with Gasteiger partial charge < -0.3 is 19.1 Å². The van der Waals surface area contributed by atoms with Crippen molar-refractivity contribution < 1.29 is 19.0 Å². The van der Waals surface area contributed by atoms with Crippen LogP contribution in [0.1, 0.15) is 26.7 Å². The fourth-order valence-electron chi connectivity index (χ4n) is 2.45. The summed E-state index contributed by atoms with van der Waals surface area (Å²) in [4.78, 5) is 14.0. The van der Waals surface area contributed by atoms with Crippen molar-refractivity contribution in [3.05, 3.63) is 24.3 Å². The van der Waals surface area contributed by atoms with Crippen LogP contribution in [0.15, 0.2) is 24.3 Å². The zero-order valence-electron chi connectivity index (χ0n) is 13.4. The molecule has 1 aliphatic rings. The molecule has 0 aromatic heterocycles. The molecule has 0 N–H and O–H groups in total. The van der Waals surface area contributed by atoms with E-state index >= 15 is 0 Å². The molecule has 0 spiro atoms. The molecule has 2 rings (SSSR count). The number of nitrogens with zero attached hydrogens (tertiary/aromatic N) is 1. The van der Waals surface area contributed by atoms with Gasteiger partial charge >= 0.3 is 0 Å². The van der Waals surface area contributed by atoms with Crippen molar-refractivity contribution in [3.63, 3.8) is 0 Å². The molecule has 0 aliphatic carbocycles. The van der Waals surface area contributed by atoms with E-state index in [0.717, 1.165) is 11.5 Å². The van der Waals surface area contributed by atoms with E-state index < -0.39 is 0 Å². The van der Waals surface area contributed by atoms with Crippen molar-refractivity contribution in [2.75, 3.05) is 32.9 Å². The largest absolute Gasteiger partial charge is 0.490 e. The molecule has 5 nitrogen and oxygen atoms in total. The van der Waals surface area contributed by atoms with Gasteiger partial charge in [-0.05, 0) is 32.4 Å². The Morgan fingerprint density at radius 1 is 1.32 bits per heavy atom. The van der Waals surface area contributed by atoms with Crippen molar-refractivity contribution in [2.24, 2.45) is 0 Å². The molecule has 122 valence electrons. The van der Waals surface area contributed by atoms with Gasteiger partial charge in [0, 0.05) is 19.5 Å². The number of hydrogen-bond acceptors (Lipinski definition) is 4. The second-order valence-corrected chi connectivity index (χ2v) is 5.35. The quantitative estimate of drug-likeness (QED) is 0.726. The molecule has 5 heteroatoms. The molecule has 0 bridgehead atoms. The van der Waals surface area contributed by atoms with E-state index in [-0.39, 0.29) is 12.0 Å². The molecule has 1 heterocycles. The van der Waals surface area contributed by atoms with Gasteiger partial charge in [0.25, 0.3) is 0 Å². The number of morpholine rings is 1. The van der Waals surface area contributed by atoms with Crippen LogP contribution in [0.25, 0.3) is 0 Å². The summed E-state index contributed by atoms with van der Waals surface area (Å²) in [6.07, 6.45) is 1.33. The Balaban J connectivity index is 1.71. The first-order chi connectivity index (χ1) is 10.7. The Morgan fingerprint density at radius 3 is 2.73 bits per heavy atom. The fraction of sp³-hybridized carbons (Fsp3) is 0.588. The SMILES string of the molecule is CCOc1ccccc1OCCCC(=O)N1CCOC(C)C1. The summed E-state index contributed by atoms with van der Waals surface area (Å²) in [5.41, 5.74) is 0. The van der Waals surface area contributed by atoms with Gasteiger partial charge in [0.1, 0.15) is 0 Å². The average molecular weight is 307 g/mol. The van der Waals surface area contributed by atoms with Crippen LogP contribution in [0.4, 0.5) is 0 Å². The lowest BCUT2D eigenvalue weighted by molar-refractivity contribution is -0.138. The van der Waals surface area contributed by atoms with Crippen LogP contribution < -0.4 is 9.47 Å². The van der Waals surface area contributed by atoms with Crippen molar-refractivity contribution in [1.82, 2.24) is 4.90 Å². The van der Waals surface area contributed by atoms with Crippen molar-refractivity contribution >= 4 is 5.91 Å². The smallest absolute Gasteiger partial charge is 0.222 e. The van der Waals surface area contributed by atoms with Gasteiger partial charge in [0.15, 0.2) is 11.5 Å². The standard InChI is InChI=1S/C17H25NO4/c1-3-20-15-7-4-5-8-16(15)22-11-6-9-17(19)18-10-12-21-14(2)13-18/h4-5,7-8,14H,3,6,9-13H2,1-2H3. The highest BCUT2D eigenvalue weighted by molar-refractivity contribution is 5.76. The first-order valence-corrected chi connectivity index (χ1v) is 7.94. The third kappa shape index (κ3) is 4.91. The lowest BCUT2D eigenvalue weighted by atomic mass is 10.2. The van der Waals surface area contributed by atoms with E-state index in [1.807, 2.05) is 43.0 Å². The zero-order chi connectivity index (χ0) is 15.8. The molecular formula is C17H25NO4. The number of hydrogen-bond donors (Lipinski definition) is 0. The van der Waals surface area contributed by atoms with Crippen LogP contribution in [0.2, 0.25) is 0 Å². The molecule has 1 amide bonds. The molecule has 1 aliphatic heterocycles. The van der Waals surface area contributed by atoms with Gasteiger partial charge in [0.2, 0.25) is 5.91 Å². The summed E-state index contributed by atoms with van der Waals surface area (Å²) in [5.74, 6) is 1.66. The van der Waals surface area contributed by atoms with E-state index in [1.54, 1.807) is 0 Å². The minimum absolute atomic E-state index is 0.131. The molecule has 22 heavy (non-hydrogen) atoms. The molecule has 1 atom stereocenters. The summed E-state index contributed by atoms with van der Waals surface area (Å²) < 4.78 is 16.7. The third-order valence-corrected chi connectivity index (χ3v) is 3.54. The highest BCUT2D eigenvalue weighted by Gasteiger charge is 2.20. The molecular weight excluding hydrogens is 282 g/mol. The number of amides is 1. The van der Waals surface area contributed by atoms with E-state index in [1.165, 1.54) is 0 Å². The number of carbonyl (C=O) groups is 1. The first-order valence-electron chi connectivity index (χ1n) is 7.94. The summed E-state index contributed by atoms with van der Waals surface area (Å²) in [6, 6.07) is 7.61. The van der Waals surface area contributed by atoms with E-state index in [9.17, 15) is 4.79 Å². The predicted octanol–water partition coefficient (Wildman–Crippen LogP) is 2.49. The second-order valence-electron chi connectivity index (χ2n) is 5.35. The Hall–Kier alpha value is -1.75. The maximum absolute atomic E-state index is 12.1. The van der Waals surface area contributed by atoms with E-state index in [2.05, 4.69) is 0 Å². The van der Waals surface area contributed by atoms with Gasteiger partial charge in [-0.15, -0.1) is 0 Å². The maximum atomic E-state index is 12.1. The summed E-state index contributed by atoms with van der Waals surface area (Å²) in [5, 5.41) is 0. The Kier molecular flexibility index (Phi) is 6.52. The van der Waals surface area contributed by atoms with Crippen LogP contribution >= 0.6 is 0 Å². The second kappa shape index (κ2) is 8.63. The predicted molar refractivity (Wildman–Crippen MR) is 84.3 cm³/mol. The molecule has 0 saturated carbocycles. The molecule has 1 aromatic rings. The number of carbonyl (C=O) groups excluding carboxylic acids is 1. The Labute approximate surface area is 132 Å². The normalized spacial score (nSPS) is 18.1. The minimum atomic E-state index is 0.131. The number of para-hydroxylation sites is 2. The topological polar surface area (TPSA) is 48.0 Å². The van der Waals surface area contributed by atoms with Crippen molar-refractivity contribution in [3.8, 4) is 11.5 Å². The lowest BCUT2D eigenvalue weighted by Gasteiger charge is -2.31. The van der Waals surface area contributed by atoms with Crippen LogP contribution in [-0.4, -0.2) is 49.8 Å². The summed E-state index contributed by atoms with van der Waals surface area (Å²) in [6.45, 7) is 7.06. The third-order valence-electron chi connectivity index (χ3n) is 3.54. The minimum Gasteiger partial charge on any atom is -0.490 e. The molecule has 1 unspecified atom stereocenters. The van der Waals surface area contributed by atoms with Gasteiger partial charge in [-0.2, -0.15) is 0 Å². The fourth-order valence-corrected chi connectivity index (χ4v) is 2.45. The highest BCUT2D eigenvalue weighted by atomic mass is 16.5. The number of rotatable bonds is 7. The van der Waals surface area contributed by atoms with E-state index in [0.29, 0.717) is 45.8 Å². The Bertz CT molecular complexity index is 477. The van der Waals surface area contributed by atoms with Crippen molar-refractivity contribution in [2.45, 2.75) is 32.8 Å². The zero-order valence-corrected chi connectivity index (χ0v) is 13.4. The van der Waals surface area contributed by atoms with Gasteiger partial charge in [-0.25, -0.2) is 0 Å². The lowest BCUT2D eigenvalue weighted by Crippen LogP contribution is -2.44. The molecule has 0 radical (unpaired) electrons. The van der Waals surface area contributed by atoms with Crippen molar-refractivity contribution in [1.29, 1.82) is 0 Å². The molecule has 1 saturated heterocycles. The van der Waals surface area contributed by atoms with Crippen LogP contribution in [0.3, 0.4) is 0 Å². The first kappa shape index (κ1) is 16.6. The average Bonchev–Trinajstić information content (AvgIpc) is 2.53. The summed E-state index contributed by atoms with van der Waals surface area (Å²) >= 11 is 0. The summed E-state index contributed by atoms with van der Waals surface area (Å²) in [7, 11) is 0. The van der Waals surface area contributed by atoms with Crippen LogP contribution in [0.5, 0.6) is 11.5 Å². The number of benzene rings is 1. The monoisotopic (exact) mass is 307 g/mol. The Morgan fingerprint density at radius 2 is 2.05 bits per heavy atom.